The third-order valence-electron chi connectivity index (χ3n) is 1.90. The molecule has 0 amide bonds. The second-order valence-corrected chi connectivity index (χ2v) is 2.96. The molecule has 1 aliphatic heterocycles. The van der Waals surface area contributed by atoms with E-state index in [1.54, 1.807) is 4.79 Å². The van der Waals surface area contributed by atoms with E-state index in [2.05, 4.69) is 16.6 Å². The molecule has 0 saturated heterocycles. The van der Waals surface area contributed by atoms with E-state index >= 15 is 0 Å². The average molecular weight is 182 g/mol. The Morgan fingerprint density at radius 1 is 1.62 bits per heavy atom. The van der Waals surface area contributed by atoms with Gasteiger partial charge in [-0.05, 0) is 25.8 Å². The van der Waals surface area contributed by atoms with E-state index in [4.69, 9.17) is 5.73 Å². The molecule has 1 aliphatic rings. The maximum Gasteiger partial charge on any atom is 0.0912 e. The van der Waals surface area contributed by atoms with Gasteiger partial charge in [0.25, 0.3) is 0 Å². The summed E-state index contributed by atoms with van der Waals surface area (Å²) in [5.74, 6) is 0. The van der Waals surface area contributed by atoms with Gasteiger partial charge in [-0.1, -0.05) is 13.8 Å². The van der Waals surface area contributed by atoms with Gasteiger partial charge in [-0.3, -0.25) is 5.43 Å². The highest BCUT2D eigenvalue weighted by molar-refractivity contribution is 5.13. The summed E-state index contributed by atoms with van der Waals surface area (Å²) in [5, 5.41) is 4.23. The van der Waals surface area contributed by atoms with Crippen molar-refractivity contribution >= 4 is 0 Å². The molecule has 4 heteroatoms. The van der Waals surface area contributed by atoms with Crippen LogP contribution in [-0.4, -0.2) is 16.1 Å². The zero-order chi connectivity index (χ0) is 9.84. The van der Waals surface area contributed by atoms with Gasteiger partial charge in [0.15, 0.2) is 0 Å². The van der Waals surface area contributed by atoms with Crippen molar-refractivity contribution in [3.05, 3.63) is 17.5 Å². The lowest BCUT2D eigenvalue weighted by atomic mass is 10.2. The highest BCUT2D eigenvalue weighted by Crippen LogP contribution is 2.10. The van der Waals surface area contributed by atoms with Crippen LogP contribution in [0, 0.1) is 6.92 Å². The van der Waals surface area contributed by atoms with Crippen molar-refractivity contribution < 1.29 is 0 Å². The molecule has 0 aliphatic carbocycles. The van der Waals surface area contributed by atoms with Gasteiger partial charge in [0.05, 0.1) is 17.6 Å². The molecule has 0 fully saturated rings. The second kappa shape index (κ2) is 4.28. The van der Waals surface area contributed by atoms with Crippen LogP contribution in [0.3, 0.4) is 0 Å². The lowest BCUT2D eigenvalue weighted by Crippen LogP contribution is -2.41. The quantitative estimate of drug-likeness (QED) is 0.629. The Morgan fingerprint density at radius 3 is 3.00 bits per heavy atom. The maximum atomic E-state index is 5.69. The van der Waals surface area contributed by atoms with Gasteiger partial charge in [0.2, 0.25) is 0 Å². The summed E-state index contributed by atoms with van der Waals surface area (Å²) in [7, 11) is 0. The number of nitrogens with one attached hydrogen (secondary N) is 1. The predicted molar refractivity (Wildman–Crippen MR) is 54.0 cm³/mol. The monoisotopic (exact) mass is 182 g/mol. The van der Waals surface area contributed by atoms with Crippen LogP contribution in [-0.2, 0) is 6.42 Å². The highest BCUT2D eigenvalue weighted by atomic mass is 15.6. The summed E-state index contributed by atoms with van der Waals surface area (Å²) in [6.45, 7) is 5.98. The Labute approximate surface area is 79.1 Å². The number of nitrogens with zero attached hydrogens (tertiary/aromatic N) is 2. The van der Waals surface area contributed by atoms with Crippen LogP contribution in [0.1, 0.15) is 31.7 Å². The van der Waals surface area contributed by atoms with Gasteiger partial charge in [-0.2, -0.15) is 9.89 Å². The molecular formula is C9H18N4. The Hall–Kier alpha value is -1.03. The van der Waals surface area contributed by atoms with Crippen LogP contribution >= 0.6 is 0 Å². The van der Waals surface area contributed by atoms with Crippen LogP contribution in [0.5, 0.6) is 0 Å². The Kier molecular flexibility index (Phi) is 3.31. The van der Waals surface area contributed by atoms with Gasteiger partial charge >= 0.3 is 0 Å². The summed E-state index contributed by atoms with van der Waals surface area (Å²) >= 11 is 0. The topological polar surface area (TPSA) is 55.9 Å². The zero-order valence-corrected chi connectivity index (χ0v) is 8.54. The summed E-state index contributed by atoms with van der Waals surface area (Å²) in [5.41, 5.74) is 11.0. The molecule has 0 saturated carbocycles. The first-order valence-corrected chi connectivity index (χ1v) is 4.83. The van der Waals surface area contributed by atoms with Crippen LogP contribution in [0.25, 0.3) is 0 Å². The standard InChI is InChI=1S/C7H12N4.C2H6/c1-5-4-6-2-3-7(8)10-11(6)9-5;1-2/h4,7,10H,2-3,8H2,1H3;1-2H3. The molecule has 4 nitrogen and oxygen atoms in total. The summed E-state index contributed by atoms with van der Waals surface area (Å²) in [6, 6.07) is 2.08. The van der Waals surface area contributed by atoms with E-state index in [0.717, 1.165) is 18.5 Å². The molecular weight excluding hydrogens is 164 g/mol. The lowest BCUT2D eigenvalue weighted by Gasteiger charge is -2.21. The number of rotatable bonds is 0. The van der Waals surface area contributed by atoms with Gasteiger partial charge in [-0.15, -0.1) is 0 Å². The summed E-state index contributed by atoms with van der Waals surface area (Å²) in [4.78, 5) is 1.78. The third kappa shape index (κ3) is 2.21. The minimum atomic E-state index is 0.0572. The number of nitrogens with two attached hydrogens (primary N) is 1. The van der Waals surface area contributed by atoms with Gasteiger partial charge in [0, 0.05) is 0 Å². The van der Waals surface area contributed by atoms with E-state index in [1.807, 2.05) is 20.8 Å². The molecule has 0 aromatic carbocycles. The number of hydrogen-bond acceptors (Lipinski definition) is 3. The Morgan fingerprint density at radius 2 is 2.31 bits per heavy atom. The molecule has 1 aromatic heterocycles. The molecule has 3 N–H and O–H groups in total. The van der Waals surface area contributed by atoms with E-state index in [-0.39, 0.29) is 6.17 Å². The Bertz CT molecular complexity index is 267. The molecule has 0 radical (unpaired) electrons. The molecule has 74 valence electrons. The van der Waals surface area contributed by atoms with Gasteiger partial charge in [0.1, 0.15) is 0 Å². The normalized spacial score (nSPS) is 19.5. The van der Waals surface area contributed by atoms with Crippen molar-refractivity contribution in [2.24, 2.45) is 5.73 Å². The van der Waals surface area contributed by atoms with Gasteiger partial charge in [-0.25, -0.2) is 0 Å². The van der Waals surface area contributed by atoms with Crippen LogP contribution in [0.4, 0.5) is 0 Å². The number of aromatic nitrogens is 2. The molecule has 1 unspecified atom stereocenters. The smallest absolute Gasteiger partial charge is 0.0912 e. The summed E-state index contributed by atoms with van der Waals surface area (Å²) < 4.78 is 0. The average Bonchev–Trinajstić information content (AvgIpc) is 2.48. The van der Waals surface area contributed by atoms with Crippen LogP contribution in [0.2, 0.25) is 0 Å². The minimum absolute atomic E-state index is 0.0572. The Balaban J connectivity index is 0.000000396. The first-order chi connectivity index (χ1) is 6.25. The molecule has 2 rings (SSSR count). The van der Waals surface area contributed by atoms with E-state index in [9.17, 15) is 0 Å². The van der Waals surface area contributed by atoms with Crippen molar-refractivity contribution in [1.29, 1.82) is 0 Å². The van der Waals surface area contributed by atoms with Crippen molar-refractivity contribution in [2.75, 3.05) is 5.43 Å². The molecule has 0 spiro atoms. The predicted octanol–water partition coefficient (Wildman–Crippen LogP) is 0.992. The first kappa shape index (κ1) is 10.1. The summed E-state index contributed by atoms with van der Waals surface area (Å²) in [6.07, 6.45) is 2.07. The molecule has 1 aromatic rings. The van der Waals surface area contributed by atoms with Crippen LogP contribution < -0.4 is 11.2 Å². The number of hydrogen-bond donors (Lipinski definition) is 2. The van der Waals surface area contributed by atoms with E-state index < -0.39 is 0 Å². The minimum Gasteiger partial charge on any atom is -0.310 e. The van der Waals surface area contributed by atoms with Crippen molar-refractivity contribution in [2.45, 2.75) is 39.8 Å². The molecule has 1 atom stereocenters. The van der Waals surface area contributed by atoms with Crippen molar-refractivity contribution in [3.8, 4) is 0 Å². The number of aryl methyl sites for hydroxylation is 2. The SMILES string of the molecule is CC.Cc1cc2n(n1)NC(N)CC2. The maximum absolute atomic E-state index is 5.69. The van der Waals surface area contributed by atoms with Crippen molar-refractivity contribution in [1.82, 2.24) is 9.89 Å². The fraction of sp³-hybridized carbons (Fsp3) is 0.667. The third-order valence-corrected chi connectivity index (χ3v) is 1.90. The molecule has 0 bridgehead atoms. The van der Waals surface area contributed by atoms with Gasteiger partial charge < -0.3 is 5.73 Å². The van der Waals surface area contributed by atoms with E-state index in [1.165, 1.54) is 5.69 Å². The molecule has 2 heterocycles. The highest BCUT2D eigenvalue weighted by Gasteiger charge is 2.14. The number of fused-ring (bicyclic) bond motifs is 1. The first-order valence-electron chi connectivity index (χ1n) is 4.83. The largest absolute Gasteiger partial charge is 0.310 e. The lowest BCUT2D eigenvalue weighted by molar-refractivity contribution is 0.509. The molecule has 13 heavy (non-hydrogen) atoms. The van der Waals surface area contributed by atoms with Crippen molar-refractivity contribution in [3.63, 3.8) is 0 Å². The fourth-order valence-corrected chi connectivity index (χ4v) is 1.37. The van der Waals surface area contributed by atoms with Crippen LogP contribution in [0.15, 0.2) is 6.07 Å². The fourth-order valence-electron chi connectivity index (χ4n) is 1.37. The zero-order valence-electron chi connectivity index (χ0n) is 8.54. The van der Waals surface area contributed by atoms with E-state index in [0.29, 0.717) is 0 Å². The second-order valence-electron chi connectivity index (χ2n) is 2.96.